The molecule has 21 heavy (non-hydrogen) atoms. The number of hydrogen-bond donors (Lipinski definition) is 1. The third-order valence-electron chi connectivity index (χ3n) is 3.93. The zero-order valence-electron chi connectivity index (χ0n) is 14.4. The second kappa shape index (κ2) is 5.62. The first kappa shape index (κ1) is 16.3. The van der Waals surface area contributed by atoms with Gasteiger partial charge in [-0.15, -0.1) is 0 Å². The van der Waals surface area contributed by atoms with Crippen LogP contribution in [0.4, 0.5) is 5.69 Å². The van der Waals surface area contributed by atoms with Gasteiger partial charge in [0.05, 0.1) is 11.2 Å². The Kier molecular flexibility index (Phi) is 4.36. The van der Waals surface area contributed by atoms with E-state index in [1.807, 2.05) is 0 Å². The molecule has 1 aliphatic rings. The molecule has 3 heteroatoms. The van der Waals surface area contributed by atoms with E-state index in [1.54, 1.807) is 0 Å². The van der Waals surface area contributed by atoms with Gasteiger partial charge < -0.3 is 15.4 Å². The lowest BCUT2D eigenvalue weighted by molar-refractivity contribution is -0.133. The summed E-state index contributed by atoms with van der Waals surface area (Å²) in [6.45, 7) is 14.7. The van der Waals surface area contributed by atoms with Gasteiger partial charge in [-0.3, -0.25) is 0 Å². The Bertz CT molecular complexity index is 490. The fraction of sp³-hybridized carbons (Fsp3) is 0.667. The van der Waals surface area contributed by atoms with Crippen LogP contribution in [0.1, 0.15) is 45.7 Å². The predicted octanol–water partition coefficient (Wildman–Crippen LogP) is 3.28. The Morgan fingerprint density at radius 2 is 1.76 bits per heavy atom. The van der Waals surface area contributed by atoms with Gasteiger partial charge in [0.15, 0.2) is 0 Å². The summed E-state index contributed by atoms with van der Waals surface area (Å²) in [6, 6.07) is 6.94. The first-order chi connectivity index (χ1) is 9.58. The lowest BCUT2D eigenvalue weighted by Gasteiger charge is -2.48. The van der Waals surface area contributed by atoms with Gasteiger partial charge in [0.2, 0.25) is 0 Å². The lowest BCUT2D eigenvalue weighted by Crippen LogP contribution is -2.57. The third-order valence-corrected chi connectivity index (χ3v) is 3.93. The number of rotatable bonds is 3. The van der Waals surface area contributed by atoms with Crippen LogP contribution >= 0.6 is 0 Å². The average Bonchev–Trinajstić information content (AvgIpc) is 2.27. The smallest absolute Gasteiger partial charge is 0.0808 e. The first-order valence-corrected chi connectivity index (χ1v) is 7.88. The molecule has 1 aromatic carbocycles. The summed E-state index contributed by atoms with van der Waals surface area (Å²) in [7, 11) is 0. The third kappa shape index (κ3) is 4.21. The number of nitrogens with two attached hydrogens (primary N) is 1. The molecule has 3 nitrogen and oxygen atoms in total. The SMILES string of the molecule is Cc1cc(N2CC(C)(C)OC(C)(C)C2)ccc1CC(C)N. The van der Waals surface area contributed by atoms with Crippen molar-refractivity contribution in [3.8, 4) is 0 Å². The van der Waals surface area contributed by atoms with Crippen LogP contribution in [-0.2, 0) is 11.2 Å². The van der Waals surface area contributed by atoms with Crippen LogP contribution in [-0.4, -0.2) is 30.3 Å². The van der Waals surface area contributed by atoms with Crippen molar-refractivity contribution in [1.29, 1.82) is 0 Å². The number of ether oxygens (including phenoxy) is 1. The van der Waals surface area contributed by atoms with Crippen LogP contribution in [0.5, 0.6) is 0 Å². The molecule has 2 N–H and O–H groups in total. The van der Waals surface area contributed by atoms with E-state index in [9.17, 15) is 0 Å². The highest BCUT2D eigenvalue weighted by Crippen LogP contribution is 2.32. The van der Waals surface area contributed by atoms with Crippen LogP contribution in [0.15, 0.2) is 18.2 Å². The number of anilines is 1. The monoisotopic (exact) mass is 290 g/mol. The molecule has 2 rings (SSSR count). The summed E-state index contributed by atoms with van der Waals surface area (Å²) in [5.41, 5.74) is 9.62. The minimum absolute atomic E-state index is 0.125. The van der Waals surface area contributed by atoms with Gasteiger partial charge in [-0.05, 0) is 71.2 Å². The van der Waals surface area contributed by atoms with E-state index in [2.05, 4.69) is 64.6 Å². The summed E-state index contributed by atoms with van der Waals surface area (Å²) in [5.74, 6) is 0. The molecular weight excluding hydrogens is 260 g/mol. The summed E-state index contributed by atoms with van der Waals surface area (Å²) < 4.78 is 6.16. The van der Waals surface area contributed by atoms with Crippen molar-refractivity contribution in [1.82, 2.24) is 0 Å². The van der Waals surface area contributed by atoms with Gasteiger partial charge in [-0.1, -0.05) is 6.07 Å². The maximum absolute atomic E-state index is 6.16. The van der Waals surface area contributed by atoms with E-state index in [0.717, 1.165) is 19.5 Å². The number of morpholine rings is 1. The van der Waals surface area contributed by atoms with Crippen molar-refractivity contribution < 1.29 is 4.74 Å². The molecule has 0 spiro atoms. The molecule has 0 amide bonds. The minimum atomic E-state index is -0.125. The van der Waals surface area contributed by atoms with Crippen LogP contribution in [0.25, 0.3) is 0 Å². The molecule has 0 aromatic heterocycles. The minimum Gasteiger partial charge on any atom is -0.366 e. The predicted molar refractivity (Wildman–Crippen MR) is 90.0 cm³/mol. The van der Waals surface area contributed by atoms with Gasteiger partial charge in [0.25, 0.3) is 0 Å². The van der Waals surface area contributed by atoms with Crippen molar-refractivity contribution in [3.63, 3.8) is 0 Å². The molecule has 0 bridgehead atoms. The summed E-state index contributed by atoms with van der Waals surface area (Å²) in [6.07, 6.45) is 0.937. The van der Waals surface area contributed by atoms with Gasteiger partial charge in [0, 0.05) is 24.8 Å². The van der Waals surface area contributed by atoms with Crippen molar-refractivity contribution in [2.45, 2.75) is 65.2 Å². The Balaban J connectivity index is 2.23. The highest BCUT2D eigenvalue weighted by Gasteiger charge is 2.38. The molecule has 1 saturated heterocycles. The summed E-state index contributed by atoms with van der Waals surface area (Å²) >= 11 is 0. The Labute approximate surface area is 129 Å². The maximum Gasteiger partial charge on any atom is 0.0808 e. The van der Waals surface area contributed by atoms with E-state index in [0.29, 0.717) is 0 Å². The zero-order valence-corrected chi connectivity index (χ0v) is 14.4. The largest absolute Gasteiger partial charge is 0.366 e. The Hall–Kier alpha value is -1.06. The van der Waals surface area contributed by atoms with Gasteiger partial charge in [0.1, 0.15) is 0 Å². The molecular formula is C18H30N2O. The van der Waals surface area contributed by atoms with Gasteiger partial charge >= 0.3 is 0 Å². The number of aryl methyl sites for hydroxylation is 1. The van der Waals surface area contributed by atoms with E-state index in [1.165, 1.54) is 16.8 Å². The van der Waals surface area contributed by atoms with Crippen LogP contribution in [0, 0.1) is 6.92 Å². The highest BCUT2D eigenvalue weighted by molar-refractivity contribution is 5.52. The van der Waals surface area contributed by atoms with Crippen LogP contribution in [0.3, 0.4) is 0 Å². The molecule has 118 valence electrons. The molecule has 1 fully saturated rings. The zero-order chi connectivity index (χ0) is 15.8. The summed E-state index contributed by atoms with van der Waals surface area (Å²) in [4.78, 5) is 2.44. The van der Waals surface area contributed by atoms with Crippen molar-refractivity contribution in [2.24, 2.45) is 5.73 Å². The number of hydrogen-bond acceptors (Lipinski definition) is 3. The molecule has 1 heterocycles. The van der Waals surface area contributed by atoms with Gasteiger partial charge in [-0.2, -0.15) is 0 Å². The fourth-order valence-electron chi connectivity index (χ4n) is 3.42. The topological polar surface area (TPSA) is 38.5 Å². The van der Waals surface area contributed by atoms with E-state index >= 15 is 0 Å². The fourth-order valence-corrected chi connectivity index (χ4v) is 3.42. The maximum atomic E-state index is 6.16. The lowest BCUT2D eigenvalue weighted by atomic mass is 9.96. The molecule has 1 aliphatic heterocycles. The van der Waals surface area contributed by atoms with E-state index in [-0.39, 0.29) is 17.2 Å². The second-order valence-electron chi connectivity index (χ2n) is 7.77. The average molecular weight is 290 g/mol. The van der Waals surface area contributed by atoms with Crippen molar-refractivity contribution in [3.05, 3.63) is 29.3 Å². The standard InChI is InChI=1S/C18H30N2O/c1-13-9-16(8-7-15(13)10-14(2)19)20-11-17(3,4)21-18(5,6)12-20/h7-9,14H,10-12,19H2,1-6H3. The van der Waals surface area contributed by atoms with Crippen LogP contribution < -0.4 is 10.6 Å². The normalized spacial score (nSPS) is 22.1. The second-order valence-corrected chi connectivity index (χ2v) is 7.77. The molecule has 1 unspecified atom stereocenters. The van der Waals surface area contributed by atoms with Crippen LogP contribution in [0.2, 0.25) is 0 Å². The van der Waals surface area contributed by atoms with E-state index < -0.39 is 0 Å². The molecule has 1 atom stereocenters. The van der Waals surface area contributed by atoms with Crippen molar-refractivity contribution >= 4 is 5.69 Å². The Morgan fingerprint density at radius 3 is 2.24 bits per heavy atom. The van der Waals surface area contributed by atoms with Crippen molar-refractivity contribution in [2.75, 3.05) is 18.0 Å². The quantitative estimate of drug-likeness (QED) is 0.928. The molecule has 1 aromatic rings. The summed E-state index contributed by atoms with van der Waals surface area (Å²) in [5, 5.41) is 0. The van der Waals surface area contributed by atoms with E-state index in [4.69, 9.17) is 10.5 Å². The highest BCUT2D eigenvalue weighted by atomic mass is 16.5. The Morgan fingerprint density at radius 1 is 1.19 bits per heavy atom. The number of nitrogens with zero attached hydrogens (tertiary/aromatic N) is 1. The molecule has 0 aliphatic carbocycles. The number of benzene rings is 1. The molecule has 0 radical (unpaired) electrons. The molecule has 0 saturated carbocycles. The van der Waals surface area contributed by atoms with Gasteiger partial charge in [-0.25, -0.2) is 0 Å². The first-order valence-electron chi connectivity index (χ1n) is 7.88.